The highest BCUT2D eigenvalue weighted by Crippen LogP contribution is 2.34. The number of aliphatic imine (C=N–C) groups is 1. The molecule has 1 atom stereocenters. The monoisotopic (exact) mass is 418 g/mol. The van der Waals surface area contributed by atoms with Crippen molar-refractivity contribution in [2.45, 2.75) is 12.7 Å². The standard InChI is InChI=1S/C23H26N6O2/c1-29(23-26-15-17-13-20(30-2)21(31-3)14-19(17)28-23)11-8-16-6-4-7-18(12-16)27-22-24-9-5-10-25-22/h4-7,9-10,12-15,23,28H,8,11H2,1-3H3,(H,24,25,27). The second-order valence-electron chi connectivity index (χ2n) is 7.22. The number of anilines is 3. The highest BCUT2D eigenvalue weighted by Gasteiger charge is 2.20. The maximum absolute atomic E-state index is 5.42. The average Bonchev–Trinajstić information content (AvgIpc) is 2.82. The predicted molar refractivity (Wildman–Crippen MR) is 123 cm³/mol. The Labute approximate surface area is 182 Å². The van der Waals surface area contributed by atoms with Crippen LogP contribution < -0.4 is 20.1 Å². The molecule has 1 aromatic heterocycles. The quantitative estimate of drug-likeness (QED) is 0.579. The van der Waals surface area contributed by atoms with Crippen LogP contribution in [0, 0.1) is 0 Å². The fourth-order valence-electron chi connectivity index (χ4n) is 3.40. The summed E-state index contributed by atoms with van der Waals surface area (Å²) in [6.07, 6.45) is 6.04. The first-order valence-electron chi connectivity index (χ1n) is 10.1. The van der Waals surface area contributed by atoms with Crippen molar-refractivity contribution in [3.8, 4) is 11.5 Å². The molecule has 0 saturated carbocycles. The number of rotatable bonds is 8. The minimum Gasteiger partial charge on any atom is -0.493 e. The molecule has 0 amide bonds. The van der Waals surface area contributed by atoms with E-state index in [2.05, 4.69) is 49.7 Å². The zero-order valence-electron chi connectivity index (χ0n) is 17.9. The van der Waals surface area contributed by atoms with Crippen LogP contribution in [-0.4, -0.2) is 55.2 Å². The molecule has 3 aromatic rings. The summed E-state index contributed by atoms with van der Waals surface area (Å²) < 4.78 is 10.8. The van der Waals surface area contributed by atoms with Crippen LogP contribution in [0.2, 0.25) is 0 Å². The lowest BCUT2D eigenvalue weighted by Crippen LogP contribution is -2.39. The highest BCUT2D eigenvalue weighted by molar-refractivity contribution is 5.91. The first-order valence-corrected chi connectivity index (χ1v) is 10.1. The molecule has 0 aliphatic carbocycles. The van der Waals surface area contributed by atoms with E-state index < -0.39 is 0 Å². The molecule has 8 nitrogen and oxygen atoms in total. The van der Waals surface area contributed by atoms with Gasteiger partial charge < -0.3 is 20.1 Å². The Morgan fingerprint density at radius 1 is 1.03 bits per heavy atom. The molecule has 0 saturated heterocycles. The first-order chi connectivity index (χ1) is 15.2. The van der Waals surface area contributed by atoms with E-state index >= 15 is 0 Å². The van der Waals surface area contributed by atoms with Crippen molar-refractivity contribution < 1.29 is 9.47 Å². The Bertz CT molecular complexity index is 1060. The van der Waals surface area contributed by atoms with Gasteiger partial charge in [0.2, 0.25) is 5.95 Å². The van der Waals surface area contributed by atoms with E-state index in [9.17, 15) is 0 Å². The van der Waals surface area contributed by atoms with E-state index in [0.717, 1.165) is 29.9 Å². The number of aromatic nitrogens is 2. The van der Waals surface area contributed by atoms with Crippen molar-refractivity contribution >= 4 is 23.5 Å². The zero-order valence-corrected chi connectivity index (χ0v) is 17.9. The summed E-state index contributed by atoms with van der Waals surface area (Å²) in [6, 6.07) is 14.0. The van der Waals surface area contributed by atoms with E-state index in [-0.39, 0.29) is 6.29 Å². The fraction of sp³-hybridized carbons (Fsp3) is 0.261. The summed E-state index contributed by atoms with van der Waals surface area (Å²) in [5.74, 6) is 1.97. The van der Waals surface area contributed by atoms with Gasteiger partial charge in [-0.1, -0.05) is 12.1 Å². The number of hydrogen-bond donors (Lipinski definition) is 2. The second-order valence-corrected chi connectivity index (χ2v) is 7.22. The van der Waals surface area contributed by atoms with Crippen LogP contribution in [-0.2, 0) is 6.42 Å². The normalized spacial score (nSPS) is 14.6. The van der Waals surface area contributed by atoms with Gasteiger partial charge in [-0.15, -0.1) is 0 Å². The summed E-state index contributed by atoms with van der Waals surface area (Å²) in [5, 5.41) is 6.70. The molecule has 1 aliphatic rings. The molecule has 160 valence electrons. The first kappa shape index (κ1) is 20.6. The molecule has 2 N–H and O–H groups in total. The molecule has 0 bridgehead atoms. The molecule has 0 fully saturated rings. The van der Waals surface area contributed by atoms with Gasteiger partial charge in [-0.2, -0.15) is 0 Å². The molecule has 2 heterocycles. The van der Waals surface area contributed by atoms with E-state index in [4.69, 9.17) is 9.47 Å². The third-order valence-electron chi connectivity index (χ3n) is 5.11. The van der Waals surface area contributed by atoms with Gasteiger partial charge in [0.15, 0.2) is 17.8 Å². The van der Waals surface area contributed by atoms with Gasteiger partial charge in [0.25, 0.3) is 0 Å². The molecule has 1 aliphatic heterocycles. The number of benzene rings is 2. The van der Waals surface area contributed by atoms with Crippen molar-refractivity contribution in [3.63, 3.8) is 0 Å². The van der Waals surface area contributed by atoms with Crippen LogP contribution in [0.5, 0.6) is 11.5 Å². The predicted octanol–water partition coefficient (Wildman–Crippen LogP) is 3.54. The summed E-state index contributed by atoms with van der Waals surface area (Å²) >= 11 is 0. The van der Waals surface area contributed by atoms with Crippen molar-refractivity contribution in [1.82, 2.24) is 14.9 Å². The molecule has 1 unspecified atom stereocenters. The lowest BCUT2D eigenvalue weighted by Gasteiger charge is -2.30. The number of nitrogens with zero attached hydrogens (tertiary/aromatic N) is 4. The van der Waals surface area contributed by atoms with Crippen LogP contribution in [0.15, 0.2) is 59.9 Å². The SMILES string of the molecule is COc1cc2c(cc1OC)NC(N(C)CCc1cccc(Nc3ncccn3)c1)N=C2. The number of ether oxygens (including phenoxy) is 2. The molecule has 4 rings (SSSR count). The molecular weight excluding hydrogens is 392 g/mol. The molecule has 2 aromatic carbocycles. The Balaban J connectivity index is 1.38. The maximum atomic E-state index is 5.42. The Morgan fingerprint density at radius 2 is 1.81 bits per heavy atom. The Kier molecular flexibility index (Phi) is 6.28. The van der Waals surface area contributed by atoms with E-state index in [1.54, 1.807) is 32.7 Å². The number of hydrogen-bond acceptors (Lipinski definition) is 8. The van der Waals surface area contributed by atoms with Crippen LogP contribution in [0.1, 0.15) is 11.1 Å². The molecule has 0 radical (unpaired) electrons. The molecule has 31 heavy (non-hydrogen) atoms. The molecular formula is C23H26N6O2. The lowest BCUT2D eigenvalue weighted by atomic mass is 10.1. The molecule has 8 heteroatoms. The van der Waals surface area contributed by atoms with Crippen molar-refractivity contribution in [1.29, 1.82) is 0 Å². The summed E-state index contributed by atoms with van der Waals surface area (Å²) in [4.78, 5) is 15.2. The smallest absolute Gasteiger partial charge is 0.227 e. The van der Waals surface area contributed by atoms with Crippen molar-refractivity contribution in [2.24, 2.45) is 4.99 Å². The van der Waals surface area contributed by atoms with Crippen LogP contribution in [0.3, 0.4) is 0 Å². The van der Waals surface area contributed by atoms with Crippen molar-refractivity contribution in [2.75, 3.05) is 38.4 Å². The number of fused-ring (bicyclic) bond motifs is 1. The zero-order chi connectivity index (χ0) is 21.6. The van der Waals surface area contributed by atoms with Gasteiger partial charge in [0, 0.05) is 48.2 Å². The third kappa shape index (κ3) is 4.92. The van der Waals surface area contributed by atoms with Gasteiger partial charge in [0.1, 0.15) is 0 Å². The maximum Gasteiger partial charge on any atom is 0.227 e. The number of methoxy groups -OCH3 is 2. The van der Waals surface area contributed by atoms with E-state index in [1.807, 2.05) is 30.5 Å². The number of likely N-dealkylation sites (N-methyl/N-ethyl adjacent to an activating group) is 1. The largest absolute Gasteiger partial charge is 0.493 e. The van der Waals surface area contributed by atoms with Crippen molar-refractivity contribution in [3.05, 3.63) is 66.0 Å². The highest BCUT2D eigenvalue weighted by atomic mass is 16.5. The third-order valence-corrected chi connectivity index (χ3v) is 5.11. The summed E-state index contributed by atoms with van der Waals surface area (Å²) in [6.45, 7) is 0.836. The second kappa shape index (κ2) is 9.44. The Hall–Kier alpha value is -3.65. The van der Waals surface area contributed by atoms with Gasteiger partial charge in [0.05, 0.1) is 14.2 Å². The fourth-order valence-corrected chi connectivity index (χ4v) is 3.40. The van der Waals surface area contributed by atoms with Crippen LogP contribution in [0.4, 0.5) is 17.3 Å². The van der Waals surface area contributed by atoms with E-state index in [0.29, 0.717) is 17.4 Å². The minimum absolute atomic E-state index is 0.148. The molecule has 0 spiro atoms. The van der Waals surface area contributed by atoms with Gasteiger partial charge in [-0.25, -0.2) is 9.97 Å². The van der Waals surface area contributed by atoms with Crippen LogP contribution >= 0.6 is 0 Å². The van der Waals surface area contributed by atoms with Gasteiger partial charge in [-0.3, -0.25) is 9.89 Å². The average molecular weight is 419 g/mol. The summed E-state index contributed by atoms with van der Waals surface area (Å²) in [7, 11) is 5.32. The summed E-state index contributed by atoms with van der Waals surface area (Å²) in [5.41, 5.74) is 4.14. The minimum atomic E-state index is -0.148. The lowest BCUT2D eigenvalue weighted by molar-refractivity contribution is 0.275. The van der Waals surface area contributed by atoms with Crippen LogP contribution in [0.25, 0.3) is 0 Å². The number of nitrogens with one attached hydrogen (secondary N) is 2. The van der Waals surface area contributed by atoms with Gasteiger partial charge in [-0.05, 0) is 43.3 Å². The Morgan fingerprint density at radius 3 is 2.58 bits per heavy atom. The topological polar surface area (TPSA) is 83.9 Å². The van der Waals surface area contributed by atoms with Gasteiger partial charge >= 0.3 is 0 Å². The van der Waals surface area contributed by atoms with E-state index in [1.165, 1.54) is 5.56 Å².